The van der Waals surface area contributed by atoms with E-state index in [0.717, 1.165) is 5.56 Å². The van der Waals surface area contributed by atoms with Gasteiger partial charge in [-0.15, -0.1) is 0 Å². The van der Waals surface area contributed by atoms with Crippen LogP contribution in [0.4, 0.5) is 0 Å². The molecule has 0 fully saturated rings. The van der Waals surface area contributed by atoms with Gasteiger partial charge in [0.15, 0.2) is 11.5 Å². The summed E-state index contributed by atoms with van der Waals surface area (Å²) >= 11 is 0. The molecular formula is C16H10O3. The van der Waals surface area contributed by atoms with Crippen molar-refractivity contribution < 1.29 is 9.53 Å². The van der Waals surface area contributed by atoms with E-state index in [1.54, 1.807) is 24.3 Å². The number of carbonyl (C=O) groups excluding carboxylic acids is 1. The van der Waals surface area contributed by atoms with Crippen molar-refractivity contribution in [3.8, 4) is 5.75 Å². The number of benzene rings is 1. The number of fused-ring (bicyclic) bond motifs is 1. The van der Waals surface area contributed by atoms with Crippen molar-refractivity contribution in [2.24, 2.45) is 0 Å². The number of carbonyl (C=O) groups is 1. The van der Waals surface area contributed by atoms with E-state index < -0.39 is 0 Å². The molecule has 0 amide bonds. The van der Waals surface area contributed by atoms with E-state index in [0.29, 0.717) is 5.56 Å². The quantitative estimate of drug-likeness (QED) is 0.731. The van der Waals surface area contributed by atoms with Crippen molar-refractivity contribution in [1.29, 1.82) is 0 Å². The molecule has 2 aromatic carbocycles. The second kappa shape index (κ2) is 4.53. The van der Waals surface area contributed by atoms with Crippen LogP contribution in [-0.2, 0) is 0 Å². The first kappa shape index (κ1) is 11.4. The van der Waals surface area contributed by atoms with Crippen LogP contribution in [0.1, 0.15) is 15.9 Å². The van der Waals surface area contributed by atoms with Crippen LogP contribution in [0.25, 0.3) is 6.08 Å². The van der Waals surface area contributed by atoms with Crippen LogP contribution >= 0.6 is 0 Å². The lowest BCUT2D eigenvalue weighted by Gasteiger charge is -1.97. The maximum absolute atomic E-state index is 12.2. The molecule has 1 heterocycles. The van der Waals surface area contributed by atoms with Gasteiger partial charge >= 0.3 is 0 Å². The minimum Gasteiger partial charge on any atom is -0.448 e. The Hall–Kier alpha value is -2.68. The first-order chi connectivity index (χ1) is 9.25. The average molecular weight is 250 g/mol. The van der Waals surface area contributed by atoms with Gasteiger partial charge in [0.05, 0.1) is 5.56 Å². The van der Waals surface area contributed by atoms with Crippen molar-refractivity contribution in [3.63, 3.8) is 0 Å². The van der Waals surface area contributed by atoms with Gasteiger partial charge < -0.3 is 4.74 Å². The highest BCUT2D eigenvalue weighted by Gasteiger charge is 2.28. The second-order valence-electron chi connectivity index (χ2n) is 4.18. The maximum Gasteiger partial charge on any atom is 0.232 e. The van der Waals surface area contributed by atoms with Crippen LogP contribution < -0.4 is 10.2 Å². The van der Waals surface area contributed by atoms with Crippen LogP contribution in [0, 0.1) is 0 Å². The van der Waals surface area contributed by atoms with E-state index in [-0.39, 0.29) is 22.7 Å². The number of hydrogen-bond acceptors (Lipinski definition) is 3. The Labute approximate surface area is 109 Å². The number of ketones is 1. The van der Waals surface area contributed by atoms with Gasteiger partial charge in [-0.25, -0.2) is 0 Å². The lowest BCUT2D eigenvalue weighted by Crippen LogP contribution is -2.00. The predicted molar refractivity (Wildman–Crippen MR) is 72.1 cm³/mol. The Morgan fingerprint density at radius 1 is 0.842 bits per heavy atom. The molecule has 92 valence electrons. The van der Waals surface area contributed by atoms with Crippen LogP contribution in [0.3, 0.4) is 0 Å². The number of ether oxygens (including phenoxy) is 1. The molecule has 0 bridgehead atoms. The third-order valence-corrected chi connectivity index (χ3v) is 2.87. The molecule has 1 aliphatic rings. The Morgan fingerprint density at radius 2 is 1.53 bits per heavy atom. The summed E-state index contributed by atoms with van der Waals surface area (Å²) in [5.74, 6) is 0.0360. The summed E-state index contributed by atoms with van der Waals surface area (Å²) < 4.78 is 5.41. The van der Waals surface area contributed by atoms with E-state index in [1.807, 2.05) is 30.3 Å². The zero-order chi connectivity index (χ0) is 13.2. The minimum atomic E-state index is -0.287. The molecule has 0 atom stereocenters. The normalized spacial score (nSPS) is 15.2. The fourth-order valence-corrected chi connectivity index (χ4v) is 1.95. The number of hydrogen-bond donors (Lipinski definition) is 0. The van der Waals surface area contributed by atoms with Crippen molar-refractivity contribution in [1.82, 2.24) is 0 Å². The van der Waals surface area contributed by atoms with Crippen LogP contribution in [0.15, 0.2) is 65.2 Å². The average Bonchev–Trinajstić information content (AvgIpc) is 2.62. The fraction of sp³-hybridized carbons (Fsp3) is 0. The maximum atomic E-state index is 12.2. The van der Waals surface area contributed by atoms with E-state index in [1.165, 1.54) is 6.07 Å². The van der Waals surface area contributed by atoms with Gasteiger partial charge in [-0.05, 0) is 23.8 Å². The van der Waals surface area contributed by atoms with Gasteiger partial charge in [0.1, 0.15) is 0 Å². The van der Waals surface area contributed by atoms with Crippen molar-refractivity contribution in [2.45, 2.75) is 0 Å². The molecule has 2 aromatic rings. The van der Waals surface area contributed by atoms with E-state index in [4.69, 9.17) is 4.74 Å². The van der Waals surface area contributed by atoms with Gasteiger partial charge in [-0.1, -0.05) is 42.5 Å². The Morgan fingerprint density at radius 3 is 2.32 bits per heavy atom. The van der Waals surface area contributed by atoms with Gasteiger partial charge in [0, 0.05) is 0 Å². The van der Waals surface area contributed by atoms with Gasteiger partial charge in [0.2, 0.25) is 11.2 Å². The first-order valence-corrected chi connectivity index (χ1v) is 5.88. The molecule has 0 saturated heterocycles. The van der Waals surface area contributed by atoms with E-state index >= 15 is 0 Å². The highest BCUT2D eigenvalue weighted by atomic mass is 16.5. The van der Waals surface area contributed by atoms with E-state index in [9.17, 15) is 9.59 Å². The molecule has 0 spiro atoms. The zero-order valence-electron chi connectivity index (χ0n) is 10.00. The zero-order valence-corrected chi connectivity index (χ0v) is 10.00. The predicted octanol–water partition coefficient (Wildman–Crippen LogP) is 2.66. The molecule has 3 heteroatoms. The molecule has 0 saturated carbocycles. The van der Waals surface area contributed by atoms with Crippen LogP contribution in [-0.4, -0.2) is 5.78 Å². The van der Waals surface area contributed by atoms with Gasteiger partial charge in [-0.2, -0.15) is 0 Å². The smallest absolute Gasteiger partial charge is 0.232 e. The Bertz CT molecular complexity index is 730. The monoisotopic (exact) mass is 250 g/mol. The molecular weight excluding hydrogens is 240 g/mol. The summed E-state index contributed by atoms with van der Waals surface area (Å²) in [6.45, 7) is 0. The third kappa shape index (κ3) is 2.06. The Kier molecular flexibility index (Phi) is 2.72. The summed E-state index contributed by atoms with van der Waals surface area (Å²) in [5.41, 5.74) is 0.887. The minimum absolute atomic E-state index is 0.109. The van der Waals surface area contributed by atoms with Gasteiger partial charge in [0.25, 0.3) is 0 Å². The lowest BCUT2D eigenvalue weighted by atomic mass is 10.1. The topological polar surface area (TPSA) is 43.4 Å². The number of allylic oxidation sites excluding steroid dienone is 1. The molecule has 0 unspecified atom stereocenters. The van der Waals surface area contributed by atoms with Crippen molar-refractivity contribution in [3.05, 3.63) is 81.7 Å². The lowest BCUT2D eigenvalue weighted by molar-refractivity contribution is 0.101. The largest absolute Gasteiger partial charge is 0.448 e. The molecule has 0 aromatic heterocycles. The van der Waals surface area contributed by atoms with Gasteiger partial charge in [-0.3, -0.25) is 9.59 Å². The van der Waals surface area contributed by atoms with Crippen molar-refractivity contribution >= 4 is 11.9 Å². The third-order valence-electron chi connectivity index (χ3n) is 2.87. The van der Waals surface area contributed by atoms with E-state index in [2.05, 4.69) is 0 Å². The summed E-state index contributed by atoms with van der Waals surface area (Å²) in [5, 5.41) is 0. The Balaban J connectivity index is 2.08. The van der Waals surface area contributed by atoms with Crippen LogP contribution in [0.2, 0.25) is 0 Å². The number of rotatable bonds is 1. The summed E-state index contributed by atoms with van der Waals surface area (Å²) in [6, 6.07) is 15.6. The highest BCUT2D eigenvalue weighted by Crippen LogP contribution is 2.27. The summed E-state index contributed by atoms with van der Waals surface area (Å²) in [4.78, 5) is 23.9. The molecule has 0 aliphatic carbocycles. The molecule has 3 rings (SSSR count). The molecule has 3 nitrogen and oxygen atoms in total. The van der Waals surface area contributed by atoms with Crippen molar-refractivity contribution in [2.75, 3.05) is 0 Å². The standard InChI is InChI=1S/C16H10O3/c17-13-9-5-4-8-12-15(18)14(19-16(12)13)10-11-6-2-1-3-7-11/h1-10H/b14-10+. The summed E-state index contributed by atoms with van der Waals surface area (Å²) in [7, 11) is 0. The first-order valence-electron chi connectivity index (χ1n) is 5.88. The molecule has 19 heavy (non-hydrogen) atoms. The fourth-order valence-electron chi connectivity index (χ4n) is 1.95. The molecule has 0 radical (unpaired) electrons. The molecule has 0 N–H and O–H groups in total. The highest BCUT2D eigenvalue weighted by molar-refractivity contribution is 6.14. The summed E-state index contributed by atoms with van der Waals surface area (Å²) in [6.07, 6.45) is 1.64. The number of Topliss-reactive ketones (excluding diaryl/α,β-unsaturated/α-hetero) is 1. The van der Waals surface area contributed by atoms with Crippen LogP contribution in [0.5, 0.6) is 5.75 Å². The SMILES string of the molecule is O=C1/C(=C\c2ccccc2)Oc2c1ccccc2=O. The molecule has 1 aliphatic heterocycles. The second-order valence-corrected chi connectivity index (χ2v) is 4.18.